The van der Waals surface area contributed by atoms with Crippen molar-refractivity contribution in [3.63, 3.8) is 0 Å². The molecule has 3 aromatic rings. The van der Waals surface area contributed by atoms with Crippen LogP contribution in [0.3, 0.4) is 0 Å². The van der Waals surface area contributed by atoms with Crippen molar-refractivity contribution in [1.29, 1.82) is 0 Å². The molecule has 0 spiro atoms. The lowest BCUT2D eigenvalue weighted by Gasteiger charge is -2.03. The van der Waals surface area contributed by atoms with Gasteiger partial charge in [0.25, 0.3) is 5.91 Å². The summed E-state index contributed by atoms with van der Waals surface area (Å²) in [6.45, 7) is 0. The second-order valence-corrected chi connectivity index (χ2v) is 4.52. The molecule has 0 radical (unpaired) electrons. The van der Waals surface area contributed by atoms with Crippen LogP contribution in [0, 0.1) is 11.6 Å². The minimum absolute atomic E-state index is 0.0671. The van der Waals surface area contributed by atoms with Gasteiger partial charge in [-0.2, -0.15) is 0 Å². The number of carbonyl (C=O) groups is 1. The van der Waals surface area contributed by atoms with E-state index in [1.54, 1.807) is 0 Å². The van der Waals surface area contributed by atoms with Crippen molar-refractivity contribution in [2.24, 2.45) is 0 Å². The van der Waals surface area contributed by atoms with Crippen LogP contribution in [-0.2, 0) is 0 Å². The molecule has 22 heavy (non-hydrogen) atoms. The molecule has 0 saturated carbocycles. The van der Waals surface area contributed by atoms with E-state index < -0.39 is 17.5 Å². The summed E-state index contributed by atoms with van der Waals surface area (Å²) in [5.74, 6) is -2.32. The predicted octanol–water partition coefficient (Wildman–Crippen LogP) is 3.87. The van der Waals surface area contributed by atoms with E-state index in [0.29, 0.717) is 11.8 Å². The van der Waals surface area contributed by atoms with E-state index in [2.05, 4.69) is 10.5 Å². The third-order valence-electron chi connectivity index (χ3n) is 2.98. The molecule has 1 heterocycles. The number of benzene rings is 2. The van der Waals surface area contributed by atoms with Gasteiger partial charge in [0.1, 0.15) is 17.3 Å². The van der Waals surface area contributed by atoms with Crippen LogP contribution in [0.2, 0.25) is 0 Å². The monoisotopic (exact) mass is 300 g/mol. The van der Waals surface area contributed by atoms with Gasteiger partial charge in [-0.3, -0.25) is 4.79 Å². The highest BCUT2D eigenvalue weighted by Gasteiger charge is 2.16. The number of anilines is 1. The van der Waals surface area contributed by atoms with Crippen LogP contribution >= 0.6 is 0 Å². The topological polar surface area (TPSA) is 55.1 Å². The number of hydrogen-bond donors (Lipinski definition) is 1. The fraction of sp³-hybridized carbons (Fsp3) is 0. The van der Waals surface area contributed by atoms with E-state index in [9.17, 15) is 13.6 Å². The zero-order valence-electron chi connectivity index (χ0n) is 11.2. The van der Waals surface area contributed by atoms with Crippen LogP contribution in [0.15, 0.2) is 59.1 Å². The Labute approximate surface area is 124 Å². The molecule has 110 valence electrons. The number of aromatic nitrogens is 1. The van der Waals surface area contributed by atoms with Gasteiger partial charge in [-0.25, -0.2) is 8.78 Å². The molecule has 0 aliphatic carbocycles. The second-order valence-electron chi connectivity index (χ2n) is 4.52. The number of rotatable bonds is 3. The minimum Gasteiger partial charge on any atom is -0.350 e. The Morgan fingerprint density at radius 2 is 1.82 bits per heavy atom. The van der Waals surface area contributed by atoms with Crippen LogP contribution in [0.1, 0.15) is 10.6 Å². The van der Waals surface area contributed by atoms with E-state index in [1.165, 1.54) is 6.07 Å². The molecule has 1 aromatic heterocycles. The highest BCUT2D eigenvalue weighted by molar-refractivity contribution is 6.02. The van der Waals surface area contributed by atoms with Gasteiger partial charge >= 0.3 is 0 Å². The summed E-state index contributed by atoms with van der Waals surface area (Å²) in [6.07, 6.45) is 0. The number of carbonyl (C=O) groups excluding carboxylic acids is 1. The first-order valence-corrected chi connectivity index (χ1v) is 6.42. The molecule has 2 aromatic carbocycles. The van der Waals surface area contributed by atoms with E-state index in [1.807, 2.05) is 30.3 Å². The van der Waals surface area contributed by atoms with Gasteiger partial charge in [-0.1, -0.05) is 35.5 Å². The molecule has 1 amide bonds. The van der Waals surface area contributed by atoms with E-state index >= 15 is 0 Å². The SMILES string of the molecule is O=C(Nc1ccc(F)cc1F)c1cc(-c2ccccc2)no1. The summed E-state index contributed by atoms with van der Waals surface area (Å²) in [5.41, 5.74) is 1.15. The fourth-order valence-electron chi connectivity index (χ4n) is 1.90. The van der Waals surface area contributed by atoms with Gasteiger partial charge in [0.05, 0.1) is 5.69 Å². The lowest BCUT2D eigenvalue weighted by molar-refractivity contribution is 0.0987. The van der Waals surface area contributed by atoms with Crippen molar-refractivity contribution in [3.05, 3.63) is 72.0 Å². The molecule has 3 rings (SSSR count). The maximum Gasteiger partial charge on any atom is 0.294 e. The first kappa shape index (κ1) is 13.9. The van der Waals surface area contributed by atoms with Crippen LogP contribution in [-0.4, -0.2) is 11.1 Å². The van der Waals surface area contributed by atoms with Gasteiger partial charge in [-0.05, 0) is 12.1 Å². The lowest BCUT2D eigenvalue weighted by Crippen LogP contribution is -2.12. The average molecular weight is 300 g/mol. The number of amides is 1. The molecule has 0 saturated heterocycles. The molecular formula is C16H10F2N2O2. The standard InChI is InChI=1S/C16H10F2N2O2/c17-11-6-7-13(12(18)8-11)19-16(21)15-9-14(20-22-15)10-4-2-1-3-5-10/h1-9H,(H,19,21). The molecular weight excluding hydrogens is 290 g/mol. The predicted molar refractivity (Wildman–Crippen MR) is 76.3 cm³/mol. The van der Waals surface area contributed by atoms with E-state index in [-0.39, 0.29) is 11.4 Å². The van der Waals surface area contributed by atoms with Crippen LogP contribution in [0.25, 0.3) is 11.3 Å². The Bertz CT molecular complexity index is 816. The molecule has 6 heteroatoms. The molecule has 0 aliphatic rings. The largest absolute Gasteiger partial charge is 0.350 e. The smallest absolute Gasteiger partial charge is 0.294 e. The lowest BCUT2D eigenvalue weighted by atomic mass is 10.1. The molecule has 0 fully saturated rings. The van der Waals surface area contributed by atoms with Crippen molar-refractivity contribution >= 4 is 11.6 Å². The maximum absolute atomic E-state index is 13.5. The summed E-state index contributed by atoms with van der Waals surface area (Å²) in [6, 6.07) is 13.5. The second kappa shape index (κ2) is 5.77. The van der Waals surface area contributed by atoms with Crippen LogP contribution in [0.4, 0.5) is 14.5 Å². The maximum atomic E-state index is 13.5. The molecule has 0 unspecified atom stereocenters. The third-order valence-corrected chi connectivity index (χ3v) is 2.98. The van der Waals surface area contributed by atoms with Gasteiger partial charge in [0, 0.05) is 17.7 Å². The first-order chi connectivity index (χ1) is 10.6. The van der Waals surface area contributed by atoms with Crippen LogP contribution < -0.4 is 5.32 Å². The van der Waals surface area contributed by atoms with Gasteiger partial charge in [0.15, 0.2) is 0 Å². The molecule has 1 N–H and O–H groups in total. The van der Waals surface area contributed by atoms with Crippen molar-refractivity contribution in [3.8, 4) is 11.3 Å². The fourth-order valence-corrected chi connectivity index (χ4v) is 1.90. The zero-order chi connectivity index (χ0) is 15.5. The molecule has 0 bridgehead atoms. The van der Waals surface area contributed by atoms with Gasteiger partial charge < -0.3 is 9.84 Å². The Morgan fingerprint density at radius 1 is 1.05 bits per heavy atom. The Kier molecular flexibility index (Phi) is 3.65. The normalized spacial score (nSPS) is 10.5. The Hall–Kier alpha value is -3.02. The number of nitrogens with one attached hydrogen (secondary N) is 1. The summed E-state index contributed by atoms with van der Waals surface area (Å²) in [4.78, 5) is 12.0. The minimum atomic E-state index is -0.865. The van der Waals surface area contributed by atoms with Crippen molar-refractivity contribution in [2.75, 3.05) is 5.32 Å². The summed E-state index contributed by atoms with van der Waals surface area (Å²) in [5, 5.41) is 6.10. The number of halogens is 2. The van der Waals surface area contributed by atoms with Gasteiger partial charge in [0.2, 0.25) is 5.76 Å². The van der Waals surface area contributed by atoms with E-state index in [0.717, 1.165) is 17.7 Å². The van der Waals surface area contributed by atoms with Crippen molar-refractivity contribution in [2.45, 2.75) is 0 Å². The van der Waals surface area contributed by atoms with Gasteiger partial charge in [-0.15, -0.1) is 0 Å². The quantitative estimate of drug-likeness (QED) is 0.798. The molecule has 0 atom stereocenters. The summed E-state index contributed by atoms with van der Waals surface area (Å²) in [7, 11) is 0. The average Bonchev–Trinajstić information content (AvgIpc) is 3.01. The summed E-state index contributed by atoms with van der Waals surface area (Å²) >= 11 is 0. The molecule has 4 nitrogen and oxygen atoms in total. The zero-order valence-corrected chi connectivity index (χ0v) is 11.2. The third kappa shape index (κ3) is 2.85. The molecule has 0 aliphatic heterocycles. The summed E-state index contributed by atoms with van der Waals surface area (Å²) < 4.78 is 31.3. The number of nitrogens with zero attached hydrogens (tertiary/aromatic N) is 1. The van der Waals surface area contributed by atoms with Crippen molar-refractivity contribution < 1.29 is 18.1 Å². The first-order valence-electron chi connectivity index (χ1n) is 6.42. The van der Waals surface area contributed by atoms with Crippen LogP contribution in [0.5, 0.6) is 0 Å². The van der Waals surface area contributed by atoms with E-state index in [4.69, 9.17) is 4.52 Å². The van der Waals surface area contributed by atoms with Crippen molar-refractivity contribution in [1.82, 2.24) is 5.16 Å². The Morgan fingerprint density at radius 3 is 2.55 bits per heavy atom. The Balaban J connectivity index is 1.80. The highest BCUT2D eigenvalue weighted by atomic mass is 19.1. The highest BCUT2D eigenvalue weighted by Crippen LogP contribution is 2.20. The number of hydrogen-bond acceptors (Lipinski definition) is 3.